The highest BCUT2D eigenvalue weighted by Crippen LogP contribution is 2.32. The Labute approximate surface area is 232 Å². The monoisotopic (exact) mass is 548 g/mol. The largest absolute Gasteiger partial charge is 0.350 e. The normalized spacial score (nSPS) is 18.3. The van der Waals surface area contributed by atoms with Gasteiger partial charge in [-0.05, 0) is 54.5 Å². The van der Waals surface area contributed by atoms with Crippen LogP contribution in [0.2, 0.25) is 0 Å². The Morgan fingerprint density at radius 3 is 2.67 bits per heavy atom. The van der Waals surface area contributed by atoms with E-state index in [1.165, 1.54) is 12.1 Å². The Morgan fingerprint density at radius 1 is 1.21 bits per heavy atom. The molecular weight excluding hydrogens is 515 g/mol. The van der Waals surface area contributed by atoms with Crippen molar-refractivity contribution in [1.29, 1.82) is 0 Å². The molecule has 3 amide bonds. The number of carbonyl (C=O) groups is 3. The Kier molecular flexibility index (Phi) is 7.79. The molecule has 3 aromatic rings. The number of fused-ring (bicyclic) bond motifs is 1. The molecule has 39 heavy (non-hydrogen) atoms. The van der Waals surface area contributed by atoms with E-state index in [9.17, 15) is 18.8 Å². The highest BCUT2D eigenvalue weighted by molar-refractivity contribution is 7.13. The van der Waals surface area contributed by atoms with Gasteiger partial charge in [-0.1, -0.05) is 50.6 Å². The van der Waals surface area contributed by atoms with E-state index in [4.69, 9.17) is 0 Å². The van der Waals surface area contributed by atoms with Crippen molar-refractivity contribution in [3.05, 3.63) is 76.2 Å². The fourth-order valence-corrected chi connectivity index (χ4v) is 6.37. The number of amides is 3. The molecule has 7 nitrogen and oxygen atoms in total. The zero-order chi connectivity index (χ0) is 27.7. The maximum atomic E-state index is 13.9. The molecule has 2 aliphatic rings. The number of hydrogen-bond donors (Lipinski definition) is 1. The van der Waals surface area contributed by atoms with Crippen LogP contribution in [0.3, 0.4) is 0 Å². The predicted molar refractivity (Wildman–Crippen MR) is 148 cm³/mol. The van der Waals surface area contributed by atoms with Crippen LogP contribution in [-0.2, 0) is 22.7 Å². The summed E-state index contributed by atoms with van der Waals surface area (Å²) < 4.78 is 13.8. The highest BCUT2D eigenvalue weighted by atomic mass is 32.1. The third-order valence-corrected chi connectivity index (χ3v) is 8.92. The molecule has 1 fully saturated rings. The summed E-state index contributed by atoms with van der Waals surface area (Å²) in [7, 11) is 0. The number of nitrogens with one attached hydrogen (secondary N) is 1. The maximum Gasteiger partial charge on any atom is 0.255 e. The number of hydrogen-bond acceptors (Lipinski definition) is 5. The molecule has 0 radical (unpaired) electrons. The van der Waals surface area contributed by atoms with Crippen molar-refractivity contribution >= 4 is 29.1 Å². The minimum Gasteiger partial charge on any atom is -0.350 e. The molecular formula is C30H33FN4O3S. The van der Waals surface area contributed by atoms with E-state index in [0.29, 0.717) is 31.5 Å². The van der Waals surface area contributed by atoms with E-state index < -0.39 is 17.9 Å². The Morgan fingerprint density at radius 2 is 1.97 bits per heavy atom. The number of likely N-dealkylation sites (tertiary alicyclic amines) is 1. The number of rotatable bonds is 8. The second-order valence-electron chi connectivity index (χ2n) is 10.4. The van der Waals surface area contributed by atoms with Gasteiger partial charge in [0, 0.05) is 25.2 Å². The first-order chi connectivity index (χ1) is 18.8. The van der Waals surface area contributed by atoms with Crippen LogP contribution >= 0.6 is 11.3 Å². The molecule has 204 valence electrons. The first-order valence-electron chi connectivity index (χ1n) is 13.5. The minimum absolute atomic E-state index is 0.120. The van der Waals surface area contributed by atoms with Gasteiger partial charge in [0.25, 0.3) is 5.91 Å². The molecule has 0 spiro atoms. The van der Waals surface area contributed by atoms with Gasteiger partial charge in [0.15, 0.2) is 0 Å². The van der Waals surface area contributed by atoms with Crippen molar-refractivity contribution in [2.75, 3.05) is 6.54 Å². The second-order valence-corrected chi connectivity index (χ2v) is 11.3. The summed E-state index contributed by atoms with van der Waals surface area (Å²) in [5.41, 5.74) is 5.91. The van der Waals surface area contributed by atoms with E-state index in [0.717, 1.165) is 33.7 Å². The number of aryl methyl sites for hydroxylation is 1. The number of thiazole rings is 1. The summed E-state index contributed by atoms with van der Waals surface area (Å²) in [4.78, 5) is 49.1. The molecule has 9 heteroatoms. The highest BCUT2D eigenvalue weighted by Gasteiger charge is 2.44. The van der Waals surface area contributed by atoms with Gasteiger partial charge >= 0.3 is 0 Å². The topological polar surface area (TPSA) is 82.6 Å². The molecule has 0 saturated carbocycles. The molecule has 0 aliphatic carbocycles. The molecule has 5 rings (SSSR count). The van der Waals surface area contributed by atoms with Gasteiger partial charge in [-0.25, -0.2) is 9.37 Å². The van der Waals surface area contributed by atoms with Gasteiger partial charge in [0.2, 0.25) is 11.8 Å². The number of carbonyl (C=O) groups excluding carboxylic acids is 3. The molecule has 3 atom stereocenters. The van der Waals surface area contributed by atoms with Crippen LogP contribution in [0.5, 0.6) is 0 Å². The maximum absolute atomic E-state index is 13.9. The molecule has 1 saturated heterocycles. The summed E-state index contributed by atoms with van der Waals surface area (Å²) in [6, 6.07) is 10.9. The lowest BCUT2D eigenvalue weighted by Gasteiger charge is -2.36. The predicted octanol–water partition coefficient (Wildman–Crippen LogP) is 4.94. The Bertz CT molecular complexity index is 1390. The quantitative estimate of drug-likeness (QED) is 0.433. The average Bonchev–Trinajstić information content (AvgIpc) is 3.67. The van der Waals surface area contributed by atoms with Crippen LogP contribution in [0.4, 0.5) is 4.39 Å². The Hall–Kier alpha value is -3.59. The van der Waals surface area contributed by atoms with Crippen molar-refractivity contribution in [1.82, 2.24) is 20.1 Å². The number of nitrogens with zero attached hydrogens (tertiary/aromatic N) is 3. The van der Waals surface area contributed by atoms with E-state index >= 15 is 0 Å². The van der Waals surface area contributed by atoms with Gasteiger partial charge in [-0.2, -0.15) is 0 Å². The zero-order valence-corrected chi connectivity index (χ0v) is 23.3. The molecule has 2 aliphatic heterocycles. The standard InChI is InChI=1S/C30H33FN4O3S/c1-4-18(2)26(35-16-22-11-12-23(31)14-24(22)29(35)37)30(38)34-13-5-6-25(34)28(36)32-15-20-7-9-21(10-8-20)27-19(3)33-17-39-27/h7-12,14,17-18,25-26H,4-6,13,15-16H2,1-3H3,(H,32,36). The molecule has 3 unspecified atom stereocenters. The second kappa shape index (κ2) is 11.3. The molecule has 0 bridgehead atoms. The van der Waals surface area contributed by atoms with E-state index in [-0.39, 0.29) is 30.2 Å². The van der Waals surface area contributed by atoms with Crippen molar-refractivity contribution in [2.45, 2.75) is 65.2 Å². The summed E-state index contributed by atoms with van der Waals surface area (Å²) in [6.07, 6.45) is 1.99. The van der Waals surface area contributed by atoms with Crippen LogP contribution in [0, 0.1) is 18.7 Å². The van der Waals surface area contributed by atoms with E-state index in [1.54, 1.807) is 27.2 Å². The first-order valence-corrected chi connectivity index (χ1v) is 14.3. The molecule has 1 N–H and O–H groups in total. The average molecular weight is 549 g/mol. The molecule has 2 aromatic carbocycles. The lowest BCUT2D eigenvalue weighted by molar-refractivity contribution is -0.143. The van der Waals surface area contributed by atoms with Gasteiger partial charge < -0.3 is 15.1 Å². The Balaban J connectivity index is 1.27. The molecule has 3 heterocycles. The summed E-state index contributed by atoms with van der Waals surface area (Å²) in [6.45, 7) is 7.00. The van der Waals surface area contributed by atoms with Crippen molar-refractivity contribution in [2.24, 2.45) is 5.92 Å². The summed E-state index contributed by atoms with van der Waals surface area (Å²) >= 11 is 1.60. The third-order valence-electron chi connectivity index (χ3n) is 7.94. The van der Waals surface area contributed by atoms with Crippen LogP contribution in [-0.4, -0.2) is 51.1 Å². The summed E-state index contributed by atoms with van der Waals surface area (Å²) in [5, 5.41) is 3.01. The fourth-order valence-electron chi connectivity index (χ4n) is 5.56. The first kappa shape index (κ1) is 27.0. The number of benzene rings is 2. The molecule has 1 aromatic heterocycles. The minimum atomic E-state index is -0.714. The fraction of sp³-hybridized carbons (Fsp3) is 0.400. The van der Waals surface area contributed by atoms with Crippen LogP contribution in [0.15, 0.2) is 48.0 Å². The van der Waals surface area contributed by atoms with Crippen molar-refractivity contribution in [3.8, 4) is 10.4 Å². The van der Waals surface area contributed by atoms with Gasteiger partial charge in [0.05, 0.1) is 16.1 Å². The van der Waals surface area contributed by atoms with E-state index in [1.807, 2.05) is 50.5 Å². The smallest absolute Gasteiger partial charge is 0.255 e. The number of aromatic nitrogens is 1. The van der Waals surface area contributed by atoms with Crippen molar-refractivity contribution in [3.63, 3.8) is 0 Å². The van der Waals surface area contributed by atoms with Gasteiger partial charge in [0.1, 0.15) is 17.9 Å². The van der Waals surface area contributed by atoms with Crippen LogP contribution in [0.1, 0.15) is 60.3 Å². The van der Waals surface area contributed by atoms with Crippen molar-refractivity contribution < 1.29 is 18.8 Å². The lowest BCUT2D eigenvalue weighted by atomic mass is 9.95. The SMILES string of the molecule is CCC(C)C(C(=O)N1CCCC1C(=O)NCc1ccc(-c2scnc2C)cc1)N1Cc2ccc(F)cc2C1=O. The third kappa shape index (κ3) is 5.32. The van der Waals surface area contributed by atoms with E-state index in [2.05, 4.69) is 10.3 Å². The summed E-state index contributed by atoms with van der Waals surface area (Å²) in [5.74, 6) is -1.33. The lowest BCUT2D eigenvalue weighted by Crippen LogP contribution is -2.55. The van der Waals surface area contributed by atoms with Gasteiger partial charge in [-0.3, -0.25) is 14.4 Å². The van der Waals surface area contributed by atoms with Gasteiger partial charge in [-0.15, -0.1) is 11.3 Å². The number of halogens is 1. The zero-order valence-electron chi connectivity index (χ0n) is 22.4. The van der Waals surface area contributed by atoms with Crippen LogP contribution in [0.25, 0.3) is 10.4 Å². The van der Waals surface area contributed by atoms with Crippen LogP contribution < -0.4 is 5.32 Å².